The maximum absolute atomic E-state index is 12.6. The first-order valence-electron chi connectivity index (χ1n) is 9.25. The first kappa shape index (κ1) is 24.0. The average Bonchev–Trinajstić information content (AvgIpc) is 3.11. The second kappa shape index (κ2) is 10.0. The van der Waals surface area contributed by atoms with E-state index in [0.717, 1.165) is 0 Å². The van der Waals surface area contributed by atoms with Crippen molar-refractivity contribution in [1.29, 1.82) is 0 Å². The summed E-state index contributed by atoms with van der Waals surface area (Å²) in [6.45, 7) is 0. The van der Waals surface area contributed by atoms with Gasteiger partial charge in [-0.1, -0.05) is 29.8 Å². The summed E-state index contributed by atoms with van der Waals surface area (Å²) in [6.07, 6.45) is 1.68. The summed E-state index contributed by atoms with van der Waals surface area (Å²) in [5, 5.41) is 3.77. The van der Waals surface area contributed by atoms with Crippen LogP contribution in [0.2, 0.25) is 5.02 Å². The van der Waals surface area contributed by atoms with Gasteiger partial charge in [0.2, 0.25) is 0 Å². The summed E-state index contributed by atoms with van der Waals surface area (Å²) >= 11 is 13.8. The topological polar surface area (TPSA) is 84.8 Å². The van der Waals surface area contributed by atoms with Gasteiger partial charge in [-0.3, -0.25) is 4.79 Å². The lowest BCUT2D eigenvalue weighted by Gasteiger charge is -2.11. The van der Waals surface area contributed by atoms with E-state index in [9.17, 15) is 13.2 Å². The molecule has 0 spiro atoms. The van der Waals surface area contributed by atoms with Crippen molar-refractivity contribution < 1.29 is 17.4 Å². The molecule has 1 N–H and O–H groups in total. The Labute approximate surface area is 216 Å². The van der Waals surface area contributed by atoms with E-state index < -0.39 is 10.1 Å². The summed E-state index contributed by atoms with van der Waals surface area (Å²) in [7, 11) is -4.01. The molecule has 6 nitrogen and oxygen atoms in total. The van der Waals surface area contributed by atoms with Crippen LogP contribution in [-0.2, 0) is 14.9 Å². The van der Waals surface area contributed by atoms with Crippen molar-refractivity contribution in [1.82, 2.24) is 5.32 Å². The molecule has 168 valence electrons. The van der Waals surface area contributed by atoms with Gasteiger partial charge in [0.15, 0.2) is 10.9 Å². The molecule has 0 bridgehead atoms. The van der Waals surface area contributed by atoms with E-state index in [4.69, 9.17) is 15.8 Å². The highest BCUT2D eigenvalue weighted by Crippen LogP contribution is 2.38. The molecule has 1 amide bonds. The van der Waals surface area contributed by atoms with E-state index in [1.807, 2.05) is 0 Å². The third kappa shape index (κ3) is 5.88. The first-order valence-corrected chi connectivity index (χ1v) is 13.4. The number of nitrogens with zero attached hydrogens (tertiary/aromatic N) is 1. The van der Waals surface area contributed by atoms with Gasteiger partial charge < -0.3 is 9.50 Å². The van der Waals surface area contributed by atoms with E-state index >= 15 is 0 Å². The molecule has 0 unspecified atom stereocenters. The summed E-state index contributed by atoms with van der Waals surface area (Å²) in [4.78, 5) is 17.3. The molecule has 4 rings (SSSR count). The van der Waals surface area contributed by atoms with Gasteiger partial charge in [0.05, 0.1) is 19.5 Å². The minimum atomic E-state index is -4.01. The highest BCUT2D eigenvalue weighted by atomic mass is 79.9. The third-order valence-corrected chi connectivity index (χ3v) is 7.83. The van der Waals surface area contributed by atoms with Gasteiger partial charge in [-0.25, -0.2) is 4.99 Å². The van der Waals surface area contributed by atoms with Gasteiger partial charge in [-0.15, -0.1) is 0 Å². The Morgan fingerprint density at radius 2 is 1.64 bits per heavy atom. The molecule has 11 heteroatoms. The molecule has 0 aliphatic carbocycles. The van der Waals surface area contributed by atoms with Crippen molar-refractivity contribution in [3.05, 3.63) is 91.2 Å². The Balaban J connectivity index is 1.57. The zero-order chi connectivity index (χ0) is 23.6. The number of carbonyl (C=O) groups excluding carboxylic acids is 1. The fourth-order valence-corrected chi connectivity index (χ4v) is 6.30. The Morgan fingerprint density at radius 1 is 1.00 bits per heavy atom. The molecule has 1 fully saturated rings. The van der Waals surface area contributed by atoms with Gasteiger partial charge in [0.25, 0.3) is 5.91 Å². The van der Waals surface area contributed by atoms with E-state index in [-0.39, 0.29) is 16.6 Å². The number of benzene rings is 3. The van der Waals surface area contributed by atoms with Crippen LogP contribution < -0.4 is 9.50 Å². The van der Waals surface area contributed by atoms with Crippen molar-refractivity contribution in [2.24, 2.45) is 4.99 Å². The van der Waals surface area contributed by atoms with Crippen molar-refractivity contribution >= 4 is 88.2 Å². The fraction of sp³-hybridized carbons (Fsp3) is 0. The quantitative estimate of drug-likeness (QED) is 0.257. The molecule has 0 saturated carbocycles. The Hall–Kier alpha value is -2.11. The number of amides is 1. The summed E-state index contributed by atoms with van der Waals surface area (Å²) in [5.74, 6) is -0.179. The molecule has 1 aliphatic rings. The van der Waals surface area contributed by atoms with E-state index in [1.165, 1.54) is 23.9 Å². The largest absolute Gasteiger partial charge is 0.377 e. The summed E-state index contributed by atoms with van der Waals surface area (Å²) in [6, 6.07) is 18.1. The lowest BCUT2D eigenvalue weighted by atomic mass is 10.2. The second-order valence-electron chi connectivity index (χ2n) is 6.62. The molecule has 33 heavy (non-hydrogen) atoms. The van der Waals surface area contributed by atoms with Crippen LogP contribution in [0, 0.1) is 0 Å². The van der Waals surface area contributed by atoms with Crippen LogP contribution in [0.4, 0.5) is 5.69 Å². The van der Waals surface area contributed by atoms with Crippen molar-refractivity contribution in [3.63, 3.8) is 0 Å². The summed E-state index contributed by atoms with van der Waals surface area (Å²) < 4.78 is 31.3. The van der Waals surface area contributed by atoms with Crippen LogP contribution in [-0.4, -0.2) is 19.5 Å². The molecule has 3 aromatic carbocycles. The number of rotatable bonds is 5. The minimum absolute atomic E-state index is 0.0431. The zero-order valence-electron chi connectivity index (χ0n) is 16.5. The fourth-order valence-electron chi connectivity index (χ4n) is 2.75. The predicted octanol–water partition coefficient (Wildman–Crippen LogP) is 6.52. The van der Waals surface area contributed by atoms with Crippen LogP contribution >= 0.6 is 55.2 Å². The SMILES string of the molecule is O=C1NC(=Nc2ccc(Cl)cc2)S/C1=C\c1cc(Br)c(OS(=O)(=O)c2ccccc2)c(Br)c1. The molecule has 0 radical (unpaired) electrons. The molecular formula is C22H13Br2ClN2O4S2. The standard InChI is InChI=1S/C22H13Br2ClN2O4S2/c23-17-10-13(11-18(24)20(17)31-33(29,30)16-4-2-1-3-5-16)12-19-21(28)27-22(32-19)26-15-8-6-14(25)7-9-15/h1-12H,(H,26,27,28)/b19-12-. The highest BCUT2D eigenvalue weighted by molar-refractivity contribution is 9.11. The number of halogens is 3. The lowest BCUT2D eigenvalue weighted by molar-refractivity contribution is -0.115. The number of aliphatic imine (C=N–C) groups is 1. The average molecular weight is 629 g/mol. The Morgan fingerprint density at radius 3 is 2.27 bits per heavy atom. The maximum Gasteiger partial charge on any atom is 0.339 e. The van der Waals surface area contributed by atoms with E-state index in [2.05, 4.69) is 42.2 Å². The number of hydrogen-bond donors (Lipinski definition) is 1. The molecule has 0 atom stereocenters. The molecule has 1 saturated heterocycles. The molecule has 1 aliphatic heterocycles. The van der Waals surface area contributed by atoms with Crippen LogP contribution in [0.3, 0.4) is 0 Å². The normalized spacial score (nSPS) is 16.3. The second-order valence-corrected chi connectivity index (χ2v) is 11.3. The molecule has 0 aromatic heterocycles. The number of nitrogens with one attached hydrogen (secondary N) is 1. The molecule has 1 heterocycles. The van der Waals surface area contributed by atoms with Crippen LogP contribution in [0.1, 0.15) is 5.56 Å². The van der Waals surface area contributed by atoms with Crippen LogP contribution in [0.5, 0.6) is 5.75 Å². The molecular weight excluding hydrogens is 616 g/mol. The van der Waals surface area contributed by atoms with Crippen molar-refractivity contribution in [3.8, 4) is 5.75 Å². The van der Waals surface area contributed by atoms with Crippen LogP contribution in [0.15, 0.2) is 90.5 Å². The number of thioether (sulfide) groups is 1. The van der Waals surface area contributed by atoms with Crippen molar-refractivity contribution in [2.45, 2.75) is 4.90 Å². The Kier molecular flexibility index (Phi) is 7.30. The Bertz CT molecular complexity index is 1370. The minimum Gasteiger partial charge on any atom is -0.377 e. The van der Waals surface area contributed by atoms with Gasteiger partial charge in [-0.2, -0.15) is 8.42 Å². The number of hydrogen-bond acceptors (Lipinski definition) is 6. The van der Waals surface area contributed by atoms with Gasteiger partial charge in [-0.05, 0) is 104 Å². The third-order valence-electron chi connectivity index (χ3n) is 4.25. The predicted molar refractivity (Wildman–Crippen MR) is 138 cm³/mol. The smallest absolute Gasteiger partial charge is 0.339 e. The summed E-state index contributed by atoms with van der Waals surface area (Å²) in [5.41, 5.74) is 1.32. The number of amidine groups is 1. The van der Waals surface area contributed by atoms with Crippen molar-refractivity contribution in [2.75, 3.05) is 0 Å². The zero-order valence-corrected chi connectivity index (χ0v) is 22.0. The maximum atomic E-state index is 12.6. The van der Waals surface area contributed by atoms with Gasteiger partial charge >= 0.3 is 10.1 Å². The van der Waals surface area contributed by atoms with Crippen LogP contribution in [0.25, 0.3) is 6.08 Å². The van der Waals surface area contributed by atoms with E-state index in [1.54, 1.807) is 60.7 Å². The first-order chi connectivity index (χ1) is 15.7. The van der Waals surface area contributed by atoms with Gasteiger partial charge in [0.1, 0.15) is 4.90 Å². The number of carbonyl (C=O) groups is 1. The van der Waals surface area contributed by atoms with Gasteiger partial charge in [0, 0.05) is 5.02 Å². The highest BCUT2D eigenvalue weighted by Gasteiger charge is 2.25. The lowest BCUT2D eigenvalue weighted by Crippen LogP contribution is -2.19. The van der Waals surface area contributed by atoms with E-state index in [0.29, 0.717) is 35.3 Å². The monoisotopic (exact) mass is 626 g/mol. The molecule has 3 aromatic rings.